The first-order valence-electron chi connectivity index (χ1n) is 6.83. The van der Waals surface area contributed by atoms with E-state index in [0.717, 1.165) is 35.0 Å². The molecule has 0 aliphatic heterocycles. The SMILES string of the molecule is CC.O=CC1=C(Cl)c2ccccc2Cc2ccccc21.[B].[CH3-].[Y]. The van der Waals surface area contributed by atoms with Crippen molar-refractivity contribution >= 4 is 36.9 Å². The Morgan fingerprint density at radius 3 is 1.87 bits per heavy atom. The van der Waals surface area contributed by atoms with E-state index in [1.165, 1.54) is 0 Å². The Labute approximate surface area is 172 Å². The zero-order valence-corrected chi connectivity index (χ0v) is 17.4. The van der Waals surface area contributed by atoms with Crippen LogP contribution >= 0.6 is 11.6 Å². The summed E-state index contributed by atoms with van der Waals surface area (Å²) in [5.74, 6) is 0. The van der Waals surface area contributed by atoms with Gasteiger partial charge in [-0.05, 0) is 28.7 Å². The molecule has 0 fully saturated rings. The molecule has 1 aliphatic rings. The fourth-order valence-electron chi connectivity index (χ4n) is 2.41. The second kappa shape index (κ2) is 11.8. The molecule has 0 heterocycles. The number of rotatable bonds is 1. The van der Waals surface area contributed by atoms with E-state index >= 15 is 0 Å². The van der Waals surface area contributed by atoms with Crippen LogP contribution in [0.2, 0.25) is 0 Å². The van der Waals surface area contributed by atoms with Crippen molar-refractivity contribution in [3.05, 3.63) is 78.2 Å². The van der Waals surface area contributed by atoms with Gasteiger partial charge in [0.15, 0.2) is 6.29 Å². The maximum atomic E-state index is 11.4. The molecule has 0 saturated carbocycles. The van der Waals surface area contributed by atoms with E-state index < -0.39 is 0 Å². The average Bonchev–Trinajstić information content (AvgIpc) is 2.63. The maximum absolute atomic E-state index is 11.4. The van der Waals surface area contributed by atoms with E-state index in [4.69, 9.17) is 11.6 Å². The van der Waals surface area contributed by atoms with Crippen LogP contribution in [-0.2, 0) is 43.9 Å². The van der Waals surface area contributed by atoms with Gasteiger partial charge in [0.1, 0.15) is 0 Å². The average molecular weight is 400 g/mol. The van der Waals surface area contributed by atoms with Crippen LogP contribution in [0, 0.1) is 7.43 Å². The van der Waals surface area contributed by atoms with Gasteiger partial charge in [0, 0.05) is 46.7 Å². The fourth-order valence-corrected chi connectivity index (χ4v) is 2.74. The molecule has 0 aromatic heterocycles. The number of allylic oxidation sites excluding steroid dienone is 1. The van der Waals surface area contributed by atoms with E-state index in [0.29, 0.717) is 10.6 Å². The van der Waals surface area contributed by atoms with Crippen LogP contribution in [0.4, 0.5) is 0 Å². The Bertz CT molecular complexity index is 668. The summed E-state index contributed by atoms with van der Waals surface area (Å²) in [5.41, 5.74) is 4.78. The van der Waals surface area contributed by atoms with Gasteiger partial charge in [0.05, 0.1) is 5.03 Å². The third-order valence-corrected chi connectivity index (χ3v) is 3.70. The van der Waals surface area contributed by atoms with Gasteiger partial charge in [-0.2, -0.15) is 0 Å². The third-order valence-electron chi connectivity index (χ3n) is 3.30. The molecule has 0 unspecified atom stereocenters. The van der Waals surface area contributed by atoms with Crippen molar-refractivity contribution < 1.29 is 37.5 Å². The van der Waals surface area contributed by atoms with Crippen molar-refractivity contribution in [2.45, 2.75) is 20.3 Å². The summed E-state index contributed by atoms with van der Waals surface area (Å²) in [5, 5.41) is 0.547. The van der Waals surface area contributed by atoms with Gasteiger partial charge < -0.3 is 7.43 Å². The standard InChI is InChI=1S/C16H11ClO.C2H6.CH3.B.Y/c17-16-14-8-4-2-6-12(14)9-11-5-1-3-7-13(11)15(16)10-18;1-2;;;/h1-8,10H,9H2;1-2H3;1H3;;/q;;-1;;. The minimum absolute atomic E-state index is 0. The zero-order valence-electron chi connectivity index (χ0n) is 13.8. The molecule has 0 N–H and O–H groups in total. The Kier molecular flexibility index (Phi) is 12.6. The molecule has 0 spiro atoms. The molecule has 1 aliphatic carbocycles. The monoisotopic (exact) mass is 399 g/mol. The van der Waals surface area contributed by atoms with Crippen LogP contribution in [0.25, 0.3) is 10.6 Å². The van der Waals surface area contributed by atoms with Crippen molar-refractivity contribution in [3.63, 3.8) is 0 Å². The van der Waals surface area contributed by atoms with Gasteiger partial charge in [0.25, 0.3) is 0 Å². The smallest absolute Gasteiger partial charge is 0.152 e. The molecule has 4 heteroatoms. The van der Waals surface area contributed by atoms with E-state index in [9.17, 15) is 4.79 Å². The molecule has 0 bridgehead atoms. The summed E-state index contributed by atoms with van der Waals surface area (Å²) in [6.07, 6.45) is 1.66. The minimum atomic E-state index is 0. The fraction of sp³-hybridized carbons (Fsp3) is 0.158. The van der Waals surface area contributed by atoms with E-state index in [1.54, 1.807) is 0 Å². The van der Waals surface area contributed by atoms with Crippen LogP contribution in [0.1, 0.15) is 36.1 Å². The molecular formula is C19H20BClOY-. The number of halogens is 1. The van der Waals surface area contributed by atoms with Crippen LogP contribution in [0.3, 0.4) is 0 Å². The molecule has 0 saturated heterocycles. The number of carbonyl (C=O) groups excluding carboxylic acids is 1. The Balaban J connectivity index is 0. The second-order valence-electron chi connectivity index (χ2n) is 4.34. The first-order chi connectivity index (χ1) is 9.81. The summed E-state index contributed by atoms with van der Waals surface area (Å²) in [7, 11) is 0. The van der Waals surface area contributed by atoms with Gasteiger partial charge in [0.2, 0.25) is 0 Å². The summed E-state index contributed by atoms with van der Waals surface area (Å²) < 4.78 is 0. The predicted molar refractivity (Wildman–Crippen MR) is 97.9 cm³/mol. The summed E-state index contributed by atoms with van der Waals surface area (Å²) in [6.45, 7) is 4.00. The van der Waals surface area contributed by atoms with Gasteiger partial charge >= 0.3 is 0 Å². The van der Waals surface area contributed by atoms with E-state index in [1.807, 2.05) is 56.3 Å². The van der Waals surface area contributed by atoms with E-state index in [-0.39, 0.29) is 48.5 Å². The molecule has 1 nitrogen and oxygen atoms in total. The number of fused-ring (bicyclic) bond motifs is 2. The number of aldehydes is 1. The quantitative estimate of drug-likeness (QED) is 0.375. The van der Waals surface area contributed by atoms with Crippen LogP contribution in [0.15, 0.2) is 48.5 Å². The Morgan fingerprint density at radius 2 is 1.35 bits per heavy atom. The molecule has 116 valence electrons. The van der Waals surface area contributed by atoms with Gasteiger partial charge in [-0.25, -0.2) is 0 Å². The summed E-state index contributed by atoms with van der Waals surface area (Å²) >= 11 is 6.39. The Morgan fingerprint density at radius 1 is 0.913 bits per heavy atom. The molecule has 2 aromatic rings. The topological polar surface area (TPSA) is 17.1 Å². The molecule has 3 rings (SSSR count). The molecule has 23 heavy (non-hydrogen) atoms. The zero-order chi connectivity index (χ0) is 14.5. The van der Waals surface area contributed by atoms with Gasteiger partial charge in [-0.3, -0.25) is 4.79 Å². The van der Waals surface area contributed by atoms with Crippen molar-refractivity contribution in [3.8, 4) is 0 Å². The van der Waals surface area contributed by atoms with Crippen molar-refractivity contribution in [1.82, 2.24) is 0 Å². The molecule has 0 amide bonds. The van der Waals surface area contributed by atoms with Gasteiger partial charge in [-0.15, -0.1) is 0 Å². The van der Waals surface area contributed by atoms with Crippen molar-refractivity contribution in [1.29, 1.82) is 0 Å². The predicted octanol–water partition coefficient (Wildman–Crippen LogP) is 4.99. The van der Waals surface area contributed by atoms with Gasteiger partial charge in [-0.1, -0.05) is 74.0 Å². The largest absolute Gasteiger partial charge is 0.358 e. The summed E-state index contributed by atoms with van der Waals surface area (Å²) in [6, 6.07) is 15.9. The Hall–Kier alpha value is -0.691. The maximum Gasteiger partial charge on any atom is 0.152 e. The first kappa shape index (κ1) is 24.6. The molecule has 0 atom stereocenters. The molecule has 4 radical (unpaired) electrons. The van der Waals surface area contributed by atoms with Crippen LogP contribution < -0.4 is 0 Å². The second-order valence-corrected chi connectivity index (χ2v) is 4.71. The van der Waals surface area contributed by atoms with Crippen LogP contribution in [0.5, 0.6) is 0 Å². The van der Waals surface area contributed by atoms with Crippen molar-refractivity contribution in [2.75, 3.05) is 0 Å². The summed E-state index contributed by atoms with van der Waals surface area (Å²) in [4.78, 5) is 11.4. The normalized spacial score (nSPS) is 10.9. The van der Waals surface area contributed by atoms with Crippen molar-refractivity contribution in [2.24, 2.45) is 0 Å². The number of hydrogen-bond acceptors (Lipinski definition) is 1. The van der Waals surface area contributed by atoms with E-state index in [2.05, 4.69) is 6.07 Å². The number of benzene rings is 2. The minimum Gasteiger partial charge on any atom is -0.358 e. The first-order valence-corrected chi connectivity index (χ1v) is 7.20. The third kappa shape index (κ3) is 5.14. The van der Waals surface area contributed by atoms with Crippen LogP contribution in [-0.4, -0.2) is 14.7 Å². The number of hydrogen-bond donors (Lipinski definition) is 0. The molecule has 2 aromatic carbocycles. The molecular weight excluding hydrogens is 379 g/mol. The number of carbonyl (C=O) groups is 1.